The third kappa shape index (κ3) is 5.17. The average Bonchev–Trinajstić information content (AvgIpc) is 2.53. The molecule has 0 radical (unpaired) electrons. The Balaban J connectivity index is 2.26. The molecule has 8 nitrogen and oxygen atoms in total. The normalized spacial score (nSPS) is 9.92. The number of hydrogen-bond acceptors (Lipinski definition) is 6. The molecular weight excluding hydrogens is 342 g/mol. The van der Waals surface area contributed by atoms with E-state index < -0.39 is 23.8 Å². The highest BCUT2D eigenvalue weighted by Crippen LogP contribution is 2.24. The molecule has 0 saturated carbocycles. The molecule has 8 heteroatoms. The fourth-order valence-electron chi connectivity index (χ4n) is 2.05. The highest BCUT2D eigenvalue weighted by molar-refractivity contribution is 6.05. The van der Waals surface area contributed by atoms with Crippen LogP contribution in [0.3, 0.4) is 0 Å². The first-order valence-electron chi connectivity index (χ1n) is 7.41. The van der Waals surface area contributed by atoms with Crippen molar-refractivity contribution in [3.05, 3.63) is 53.6 Å². The van der Waals surface area contributed by atoms with Gasteiger partial charge in [-0.25, -0.2) is 4.79 Å². The van der Waals surface area contributed by atoms with Crippen molar-refractivity contribution in [2.75, 3.05) is 5.32 Å². The van der Waals surface area contributed by atoms with E-state index in [2.05, 4.69) is 5.32 Å². The van der Waals surface area contributed by atoms with Gasteiger partial charge < -0.3 is 19.9 Å². The summed E-state index contributed by atoms with van der Waals surface area (Å²) in [6, 6.07) is 9.50. The van der Waals surface area contributed by atoms with Gasteiger partial charge in [0.05, 0.1) is 5.56 Å². The van der Waals surface area contributed by atoms with Crippen molar-refractivity contribution in [1.82, 2.24) is 0 Å². The molecule has 2 rings (SSSR count). The summed E-state index contributed by atoms with van der Waals surface area (Å²) in [5.74, 6) is -2.75. The quantitative estimate of drug-likeness (QED) is 0.623. The molecule has 0 atom stereocenters. The number of hydrogen-bond donors (Lipinski definition) is 2. The standard InChI is InChI=1S/C18H15NO7/c1-10(20)25-15-7-13(8-16(9-15)26-11(2)21)17(22)19-14-5-3-12(4-6-14)18(23)24/h3-9H,1-2H3,(H,19,22)(H,23,24). The van der Waals surface area contributed by atoms with Crippen molar-refractivity contribution < 1.29 is 33.8 Å². The highest BCUT2D eigenvalue weighted by Gasteiger charge is 2.13. The van der Waals surface area contributed by atoms with Gasteiger partial charge in [-0.05, 0) is 36.4 Å². The second-order valence-electron chi connectivity index (χ2n) is 5.22. The third-order valence-electron chi connectivity index (χ3n) is 3.06. The van der Waals surface area contributed by atoms with E-state index >= 15 is 0 Å². The number of carbonyl (C=O) groups excluding carboxylic acids is 3. The van der Waals surface area contributed by atoms with Gasteiger partial charge in [0.25, 0.3) is 5.91 Å². The van der Waals surface area contributed by atoms with Crippen molar-refractivity contribution in [3.8, 4) is 11.5 Å². The number of ether oxygens (including phenoxy) is 2. The largest absolute Gasteiger partial charge is 0.478 e. The lowest BCUT2D eigenvalue weighted by Gasteiger charge is -2.10. The fourth-order valence-corrected chi connectivity index (χ4v) is 2.05. The monoisotopic (exact) mass is 357 g/mol. The zero-order valence-corrected chi connectivity index (χ0v) is 13.9. The zero-order valence-electron chi connectivity index (χ0n) is 13.9. The number of aromatic carboxylic acids is 1. The van der Waals surface area contributed by atoms with Crippen LogP contribution < -0.4 is 14.8 Å². The minimum atomic E-state index is -1.08. The van der Waals surface area contributed by atoms with Gasteiger partial charge in [-0.3, -0.25) is 14.4 Å². The predicted octanol–water partition coefficient (Wildman–Crippen LogP) is 2.49. The molecular formula is C18H15NO7. The van der Waals surface area contributed by atoms with E-state index in [4.69, 9.17) is 14.6 Å². The van der Waals surface area contributed by atoms with E-state index in [9.17, 15) is 19.2 Å². The summed E-state index contributed by atoms with van der Waals surface area (Å²) in [5, 5.41) is 11.4. The summed E-state index contributed by atoms with van der Waals surface area (Å²) in [5.41, 5.74) is 0.534. The Labute approximate surface area is 148 Å². The molecule has 0 bridgehead atoms. The number of carbonyl (C=O) groups is 4. The SMILES string of the molecule is CC(=O)Oc1cc(OC(C)=O)cc(C(=O)Nc2ccc(C(=O)O)cc2)c1. The first-order chi connectivity index (χ1) is 12.2. The lowest BCUT2D eigenvalue weighted by Crippen LogP contribution is -2.13. The maximum Gasteiger partial charge on any atom is 0.335 e. The molecule has 2 N–H and O–H groups in total. The van der Waals surface area contributed by atoms with Crippen LogP contribution in [-0.4, -0.2) is 28.9 Å². The van der Waals surface area contributed by atoms with Gasteiger partial charge in [-0.1, -0.05) is 0 Å². The number of rotatable bonds is 5. The molecule has 0 saturated heterocycles. The Bertz CT molecular complexity index is 837. The summed E-state index contributed by atoms with van der Waals surface area (Å²) in [6.07, 6.45) is 0. The smallest absolute Gasteiger partial charge is 0.335 e. The molecule has 2 aromatic carbocycles. The van der Waals surface area contributed by atoms with Gasteiger partial charge in [-0.15, -0.1) is 0 Å². The van der Waals surface area contributed by atoms with Crippen molar-refractivity contribution in [2.24, 2.45) is 0 Å². The number of esters is 2. The highest BCUT2D eigenvalue weighted by atomic mass is 16.5. The van der Waals surface area contributed by atoms with Crippen molar-refractivity contribution in [1.29, 1.82) is 0 Å². The maximum absolute atomic E-state index is 12.4. The van der Waals surface area contributed by atoms with Crippen LogP contribution >= 0.6 is 0 Å². The molecule has 0 heterocycles. The second-order valence-corrected chi connectivity index (χ2v) is 5.22. The van der Waals surface area contributed by atoms with Crippen LogP contribution in [0.5, 0.6) is 11.5 Å². The summed E-state index contributed by atoms with van der Waals surface area (Å²) in [4.78, 5) is 45.5. The van der Waals surface area contributed by atoms with Gasteiger partial charge in [0, 0.05) is 31.2 Å². The summed E-state index contributed by atoms with van der Waals surface area (Å²) in [7, 11) is 0. The minimum absolute atomic E-state index is 0.0441. The molecule has 1 amide bonds. The Kier molecular flexibility index (Phi) is 5.69. The molecule has 0 aliphatic heterocycles. The molecule has 0 fully saturated rings. The average molecular weight is 357 g/mol. The molecule has 26 heavy (non-hydrogen) atoms. The van der Waals surface area contributed by atoms with E-state index in [1.54, 1.807) is 0 Å². The van der Waals surface area contributed by atoms with Crippen LogP contribution in [0.2, 0.25) is 0 Å². The van der Waals surface area contributed by atoms with Gasteiger partial charge in [0.1, 0.15) is 11.5 Å². The Hall–Kier alpha value is -3.68. The number of benzene rings is 2. The molecule has 134 valence electrons. The van der Waals surface area contributed by atoms with Crippen LogP contribution in [0.1, 0.15) is 34.6 Å². The van der Waals surface area contributed by atoms with E-state index in [0.717, 1.165) is 0 Å². The number of carboxylic acid groups (broad SMARTS) is 1. The first kappa shape index (κ1) is 18.7. The summed E-state index contributed by atoms with van der Waals surface area (Å²) >= 11 is 0. The van der Waals surface area contributed by atoms with Gasteiger partial charge in [0.15, 0.2) is 0 Å². The minimum Gasteiger partial charge on any atom is -0.478 e. The number of carboxylic acids is 1. The Morgan fingerprint density at radius 2 is 1.31 bits per heavy atom. The Morgan fingerprint density at radius 1 is 0.808 bits per heavy atom. The summed E-state index contributed by atoms with van der Waals surface area (Å²) < 4.78 is 9.89. The van der Waals surface area contributed by atoms with Gasteiger partial charge in [-0.2, -0.15) is 0 Å². The van der Waals surface area contributed by atoms with E-state index in [1.165, 1.54) is 56.3 Å². The van der Waals surface area contributed by atoms with Gasteiger partial charge in [0.2, 0.25) is 0 Å². The van der Waals surface area contributed by atoms with Crippen molar-refractivity contribution in [3.63, 3.8) is 0 Å². The molecule has 0 spiro atoms. The first-order valence-corrected chi connectivity index (χ1v) is 7.41. The van der Waals surface area contributed by atoms with Crippen molar-refractivity contribution >= 4 is 29.5 Å². The van der Waals surface area contributed by atoms with E-state index in [-0.39, 0.29) is 22.6 Å². The van der Waals surface area contributed by atoms with E-state index in [1.807, 2.05) is 0 Å². The number of amides is 1. The maximum atomic E-state index is 12.4. The van der Waals surface area contributed by atoms with E-state index in [0.29, 0.717) is 5.69 Å². The predicted molar refractivity (Wildman–Crippen MR) is 90.4 cm³/mol. The van der Waals surface area contributed by atoms with Crippen LogP contribution in [0, 0.1) is 0 Å². The lowest BCUT2D eigenvalue weighted by atomic mass is 10.1. The molecule has 2 aromatic rings. The molecule has 0 aromatic heterocycles. The second kappa shape index (κ2) is 7.93. The number of anilines is 1. The number of nitrogens with one attached hydrogen (secondary N) is 1. The topological polar surface area (TPSA) is 119 Å². The third-order valence-corrected chi connectivity index (χ3v) is 3.06. The van der Waals surface area contributed by atoms with Crippen LogP contribution in [0.15, 0.2) is 42.5 Å². The zero-order chi connectivity index (χ0) is 19.3. The molecule has 0 aliphatic carbocycles. The fraction of sp³-hybridized carbons (Fsp3) is 0.111. The van der Waals surface area contributed by atoms with Crippen LogP contribution in [0.25, 0.3) is 0 Å². The van der Waals surface area contributed by atoms with Crippen molar-refractivity contribution in [2.45, 2.75) is 13.8 Å². The molecule has 0 unspecified atom stereocenters. The van der Waals surface area contributed by atoms with Gasteiger partial charge >= 0.3 is 17.9 Å². The van der Waals surface area contributed by atoms with Crippen LogP contribution in [0.4, 0.5) is 5.69 Å². The Morgan fingerprint density at radius 3 is 1.73 bits per heavy atom. The van der Waals surface area contributed by atoms with Crippen LogP contribution in [-0.2, 0) is 9.59 Å². The lowest BCUT2D eigenvalue weighted by molar-refractivity contribution is -0.132. The molecule has 0 aliphatic rings. The summed E-state index contributed by atoms with van der Waals surface area (Å²) in [6.45, 7) is 2.39.